The maximum Gasteiger partial charge on any atom is 0.207 e. The molecule has 0 amide bonds. The maximum atomic E-state index is 4.38. The number of aryl methyl sites for hydroxylation is 1. The summed E-state index contributed by atoms with van der Waals surface area (Å²) in [6.45, 7) is 3.00. The number of imidazole rings is 1. The third-order valence-electron chi connectivity index (χ3n) is 3.05. The zero-order valence-electron chi connectivity index (χ0n) is 10.7. The quantitative estimate of drug-likeness (QED) is 0.774. The minimum absolute atomic E-state index is 0.852. The molecule has 19 heavy (non-hydrogen) atoms. The van der Waals surface area contributed by atoms with Crippen molar-refractivity contribution in [2.45, 2.75) is 13.5 Å². The maximum absolute atomic E-state index is 4.38. The first-order valence-corrected chi connectivity index (χ1v) is 7.12. The zero-order chi connectivity index (χ0) is 13.1. The number of nitrogens with one attached hydrogen (secondary N) is 1. The van der Waals surface area contributed by atoms with E-state index in [0.29, 0.717) is 0 Å². The number of anilines is 2. The van der Waals surface area contributed by atoms with Gasteiger partial charge in [0.05, 0.1) is 6.54 Å². The number of thiophene rings is 1. The average Bonchev–Trinajstić information content (AvgIpc) is 3.02. The number of para-hydroxylation sites is 1. The van der Waals surface area contributed by atoms with Gasteiger partial charge in [-0.2, -0.15) is 11.3 Å². The summed E-state index contributed by atoms with van der Waals surface area (Å²) in [7, 11) is 0. The first kappa shape index (κ1) is 12.0. The predicted molar refractivity (Wildman–Crippen MR) is 80.1 cm³/mol. The fourth-order valence-electron chi connectivity index (χ4n) is 1.94. The summed E-state index contributed by atoms with van der Waals surface area (Å²) in [6.07, 6.45) is 3.83. The summed E-state index contributed by atoms with van der Waals surface area (Å²) in [5, 5.41) is 7.71. The van der Waals surface area contributed by atoms with Crippen molar-refractivity contribution < 1.29 is 0 Å². The summed E-state index contributed by atoms with van der Waals surface area (Å²) < 4.78 is 2.13. The van der Waals surface area contributed by atoms with Crippen LogP contribution in [0, 0.1) is 6.92 Å². The van der Waals surface area contributed by atoms with E-state index < -0.39 is 0 Å². The van der Waals surface area contributed by atoms with Gasteiger partial charge in [-0.15, -0.1) is 0 Å². The highest BCUT2D eigenvalue weighted by atomic mass is 32.1. The zero-order valence-corrected chi connectivity index (χ0v) is 11.5. The lowest BCUT2D eigenvalue weighted by Gasteiger charge is -2.09. The molecule has 96 valence electrons. The second-order valence-electron chi connectivity index (χ2n) is 4.45. The lowest BCUT2D eigenvalue weighted by Crippen LogP contribution is -2.04. The van der Waals surface area contributed by atoms with Crippen LogP contribution in [0.25, 0.3) is 0 Å². The minimum atomic E-state index is 0.852. The Labute approximate surface area is 116 Å². The fraction of sp³-hybridized carbons (Fsp3) is 0.133. The second kappa shape index (κ2) is 5.28. The normalized spacial score (nSPS) is 10.6. The molecule has 0 atom stereocenters. The van der Waals surface area contributed by atoms with E-state index in [0.717, 1.165) is 18.2 Å². The molecule has 0 radical (unpaired) electrons. The predicted octanol–water partition coefficient (Wildman–Crippen LogP) is 4.04. The fourth-order valence-corrected chi connectivity index (χ4v) is 2.79. The molecule has 1 N–H and O–H groups in total. The van der Waals surface area contributed by atoms with Crippen LogP contribution >= 0.6 is 11.3 Å². The van der Waals surface area contributed by atoms with Crippen LogP contribution in [-0.4, -0.2) is 9.55 Å². The van der Waals surface area contributed by atoms with Crippen LogP contribution < -0.4 is 5.32 Å². The Morgan fingerprint density at radius 2 is 2.05 bits per heavy atom. The van der Waals surface area contributed by atoms with Gasteiger partial charge in [0.25, 0.3) is 0 Å². The molecule has 0 aliphatic rings. The molecule has 0 unspecified atom stereocenters. The number of nitrogens with zero attached hydrogens (tertiary/aromatic N) is 2. The van der Waals surface area contributed by atoms with Crippen molar-refractivity contribution in [3.05, 3.63) is 64.6 Å². The molecule has 3 aromatic rings. The average molecular weight is 269 g/mol. The molecule has 2 heterocycles. The summed E-state index contributed by atoms with van der Waals surface area (Å²) in [6, 6.07) is 10.1. The molecule has 0 saturated heterocycles. The Morgan fingerprint density at radius 1 is 1.21 bits per heavy atom. The van der Waals surface area contributed by atoms with Crippen LogP contribution in [0.1, 0.15) is 11.1 Å². The largest absolute Gasteiger partial charge is 0.326 e. The summed E-state index contributed by atoms with van der Waals surface area (Å²) in [5.74, 6) is 0.872. The molecule has 0 saturated carbocycles. The highest BCUT2D eigenvalue weighted by Crippen LogP contribution is 2.19. The molecular formula is C15H15N3S. The van der Waals surface area contributed by atoms with E-state index >= 15 is 0 Å². The van der Waals surface area contributed by atoms with Crippen LogP contribution in [0.3, 0.4) is 0 Å². The number of hydrogen-bond donors (Lipinski definition) is 1. The summed E-state index contributed by atoms with van der Waals surface area (Å²) >= 11 is 1.74. The molecule has 0 spiro atoms. The van der Waals surface area contributed by atoms with Crippen molar-refractivity contribution in [1.82, 2.24) is 9.55 Å². The molecule has 3 rings (SSSR count). The molecule has 1 aromatic carbocycles. The van der Waals surface area contributed by atoms with Gasteiger partial charge in [-0.1, -0.05) is 18.2 Å². The van der Waals surface area contributed by atoms with E-state index in [4.69, 9.17) is 0 Å². The molecule has 0 bridgehead atoms. The highest BCUT2D eigenvalue weighted by molar-refractivity contribution is 7.08. The number of benzene rings is 1. The van der Waals surface area contributed by atoms with Crippen molar-refractivity contribution in [1.29, 1.82) is 0 Å². The van der Waals surface area contributed by atoms with Crippen molar-refractivity contribution in [3.8, 4) is 0 Å². The molecule has 0 fully saturated rings. The number of hydrogen-bond acceptors (Lipinski definition) is 3. The summed E-state index contributed by atoms with van der Waals surface area (Å²) in [5.41, 5.74) is 3.74. The second-order valence-corrected chi connectivity index (χ2v) is 5.19. The Kier molecular flexibility index (Phi) is 3.33. The highest BCUT2D eigenvalue weighted by Gasteiger charge is 2.06. The van der Waals surface area contributed by atoms with Gasteiger partial charge in [-0.3, -0.25) is 0 Å². The van der Waals surface area contributed by atoms with Gasteiger partial charge in [-0.25, -0.2) is 4.98 Å². The Bertz CT molecular complexity index is 655. The van der Waals surface area contributed by atoms with Crippen LogP contribution in [0.15, 0.2) is 53.5 Å². The molecule has 3 nitrogen and oxygen atoms in total. The van der Waals surface area contributed by atoms with Gasteiger partial charge in [0.15, 0.2) is 0 Å². The Morgan fingerprint density at radius 3 is 2.79 bits per heavy atom. The molecule has 4 heteroatoms. The third-order valence-corrected chi connectivity index (χ3v) is 3.96. The van der Waals surface area contributed by atoms with Crippen LogP contribution in [0.4, 0.5) is 11.6 Å². The minimum Gasteiger partial charge on any atom is -0.326 e. The first-order valence-electron chi connectivity index (χ1n) is 6.18. The lowest BCUT2D eigenvalue weighted by atomic mass is 10.2. The van der Waals surface area contributed by atoms with Crippen LogP contribution in [0.2, 0.25) is 0 Å². The smallest absolute Gasteiger partial charge is 0.207 e. The first-order chi connectivity index (χ1) is 9.33. The van der Waals surface area contributed by atoms with Gasteiger partial charge >= 0.3 is 0 Å². The van der Waals surface area contributed by atoms with E-state index in [2.05, 4.69) is 32.6 Å². The van der Waals surface area contributed by atoms with E-state index in [-0.39, 0.29) is 0 Å². The van der Waals surface area contributed by atoms with E-state index in [9.17, 15) is 0 Å². The van der Waals surface area contributed by atoms with Gasteiger partial charge in [-0.05, 0) is 40.9 Å². The monoisotopic (exact) mass is 269 g/mol. The molecular weight excluding hydrogens is 254 g/mol. The van der Waals surface area contributed by atoms with Crippen molar-refractivity contribution in [2.75, 3.05) is 5.32 Å². The Balaban J connectivity index is 1.81. The van der Waals surface area contributed by atoms with E-state index in [1.165, 1.54) is 11.1 Å². The topological polar surface area (TPSA) is 29.9 Å². The van der Waals surface area contributed by atoms with Crippen LogP contribution in [-0.2, 0) is 6.54 Å². The summed E-state index contributed by atoms with van der Waals surface area (Å²) in [4.78, 5) is 4.38. The molecule has 2 aromatic heterocycles. The number of rotatable bonds is 4. The third kappa shape index (κ3) is 2.69. The van der Waals surface area contributed by atoms with Crippen LogP contribution in [0.5, 0.6) is 0 Å². The Hall–Kier alpha value is -2.07. The van der Waals surface area contributed by atoms with Gasteiger partial charge in [0.2, 0.25) is 5.95 Å². The standard InChI is InChI=1S/C15H15N3S/c1-12-10-19-11-13(12)9-18-8-7-16-15(18)17-14-5-3-2-4-6-14/h2-8,10-11H,9H2,1H3,(H,16,17). The van der Waals surface area contributed by atoms with Crippen molar-refractivity contribution in [2.24, 2.45) is 0 Å². The van der Waals surface area contributed by atoms with E-state index in [1.807, 2.05) is 42.7 Å². The SMILES string of the molecule is Cc1cscc1Cn1ccnc1Nc1ccccc1. The van der Waals surface area contributed by atoms with E-state index in [1.54, 1.807) is 11.3 Å². The lowest BCUT2D eigenvalue weighted by molar-refractivity contribution is 0.806. The molecule has 0 aliphatic carbocycles. The molecule has 0 aliphatic heterocycles. The van der Waals surface area contributed by atoms with Gasteiger partial charge < -0.3 is 9.88 Å². The van der Waals surface area contributed by atoms with Gasteiger partial charge in [0, 0.05) is 18.1 Å². The van der Waals surface area contributed by atoms with Crippen molar-refractivity contribution >= 4 is 23.0 Å². The number of aromatic nitrogens is 2. The van der Waals surface area contributed by atoms with Gasteiger partial charge in [0.1, 0.15) is 0 Å². The van der Waals surface area contributed by atoms with Crippen molar-refractivity contribution in [3.63, 3.8) is 0 Å².